The molecule has 2 aliphatic heterocycles. The Hall–Kier alpha value is -3.39. The maximum Gasteiger partial charge on any atom is 0.252 e. The van der Waals surface area contributed by atoms with Crippen LogP contribution in [0.1, 0.15) is 11.1 Å². The van der Waals surface area contributed by atoms with Gasteiger partial charge in [0.15, 0.2) is 0 Å². The first-order valence-electron chi connectivity index (χ1n) is 12.2. The fourth-order valence-corrected chi connectivity index (χ4v) is 5.17. The molecule has 1 amide bonds. The average molecular weight is 472 g/mol. The normalized spacial score (nSPS) is 18.2. The zero-order chi connectivity index (χ0) is 23.6. The van der Waals surface area contributed by atoms with E-state index >= 15 is 0 Å². The number of carbonyl (C=O) groups excluding carboxylic acids is 1. The lowest BCUT2D eigenvalue weighted by Gasteiger charge is -2.09. The van der Waals surface area contributed by atoms with Crippen molar-refractivity contribution in [3.63, 3.8) is 0 Å². The van der Waals surface area contributed by atoms with Gasteiger partial charge in [-0.3, -0.25) is 4.79 Å². The Morgan fingerprint density at radius 3 is 1.80 bits per heavy atom. The number of rotatable bonds is 0. The van der Waals surface area contributed by atoms with E-state index in [9.17, 15) is 4.79 Å². The van der Waals surface area contributed by atoms with Crippen molar-refractivity contribution < 1.29 is 19.0 Å². The summed E-state index contributed by atoms with van der Waals surface area (Å²) in [5, 5.41) is 5.31. The number of hydrogen-bond acceptors (Lipinski definition) is 4. The molecule has 0 atom stereocenters. The number of ether oxygens (including phenoxy) is 3. The Bertz CT molecular complexity index is 1410. The molecule has 0 fully saturated rings. The van der Waals surface area contributed by atoms with E-state index in [1.807, 2.05) is 12.1 Å². The molecular weight excluding hydrogens is 442 g/mol. The summed E-state index contributed by atoms with van der Waals surface area (Å²) in [5.41, 5.74) is 6.09. The number of amides is 1. The molecule has 7 nitrogen and oxygen atoms in total. The first-order chi connectivity index (χ1) is 17.3. The third-order valence-electron chi connectivity index (χ3n) is 6.82. The van der Waals surface area contributed by atoms with Crippen molar-refractivity contribution in [2.75, 3.05) is 46.2 Å². The van der Waals surface area contributed by atoms with Crippen molar-refractivity contribution in [1.82, 2.24) is 14.5 Å². The number of nitrogens with one attached hydrogen (secondary N) is 1. The Kier molecular flexibility index (Phi) is 6.12. The average Bonchev–Trinajstić information content (AvgIpc) is 3.55. The van der Waals surface area contributed by atoms with E-state index in [0.29, 0.717) is 52.7 Å². The molecule has 2 aromatic carbocycles. The van der Waals surface area contributed by atoms with Crippen molar-refractivity contribution in [3.05, 3.63) is 72.1 Å². The van der Waals surface area contributed by atoms with Gasteiger partial charge in [-0.25, -0.2) is 0 Å². The van der Waals surface area contributed by atoms with Gasteiger partial charge >= 0.3 is 0 Å². The molecule has 0 spiro atoms. The van der Waals surface area contributed by atoms with Gasteiger partial charge in [0.25, 0.3) is 5.91 Å². The first-order valence-corrected chi connectivity index (χ1v) is 12.2. The summed E-state index contributed by atoms with van der Waals surface area (Å²) in [5.74, 6) is -0.0256. The molecule has 4 bridgehead atoms. The highest BCUT2D eigenvalue weighted by Gasteiger charge is 2.29. The van der Waals surface area contributed by atoms with E-state index in [0.717, 1.165) is 50.6 Å². The molecule has 2 aromatic heterocycles. The van der Waals surface area contributed by atoms with E-state index in [-0.39, 0.29) is 5.91 Å². The maximum absolute atomic E-state index is 13.2. The van der Waals surface area contributed by atoms with Crippen LogP contribution in [0.2, 0.25) is 0 Å². The number of para-hydroxylation sites is 2. The van der Waals surface area contributed by atoms with Crippen LogP contribution in [0.3, 0.4) is 0 Å². The van der Waals surface area contributed by atoms with Crippen molar-refractivity contribution in [2.45, 2.75) is 13.1 Å². The van der Waals surface area contributed by atoms with E-state index < -0.39 is 0 Å². The van der Waals surface area contributed by atoms with Gasteiger partial charge in [-0.2, -0.15) is 0 Å². The molecule has 0 radical (unpaired) electrons. The van der Waals surface area contributed by atoms with Crippen molar-refractivity contribution >= 4 is 38.9 Å². The topological polar surface area (TPSA) is 66.7 Å². The van der Waals surface area contributed by atoms with Crippen LogP contribution in [0.25, 0.3) is 33.0 Å². The van der Waals surface area contributed by atoms with Crippen molar-refractivity contribution in [1.29, 1.82) is 0 Å². The summed E-state index contributed by atoms with van der Waals surface area (Å²) in [6.07, 6.45) is 4.27. The van der Waals surface area contributed by atoms with Crippen LogP contribution >= 0.6 is 0 Å². The van der Waals surface area contributed by atoms with E-state index in [1.54, 1.807) is 0 Å². The smallest absolute Gasteiger partial charge is 0.252 e. The zero-order valence-electron chi connectivity index (χ0n) is 19.7. The molecule has 180 valence electrons. The van der Waals surface area contributed by atoms with Crippen LogP contribution in [0.15, 0.2) is 60.9 Å². The summed E-state index contributed by atoms with van der Waals surface area (Å²) in [6.45, 7) is 5.30. The standard InChI is InChI=1S/C28H29N3O4/c32-28-27-22(17-29-28)23-18-30(25-7-3-1-5-20(23)25)9-11-33-13-15-35-16-14-34-12-10-31-19-24(27)21-6-2-4-8-26(21)31/h1-8,18-19H,9-17H2,(H,29,32). The molecule has 1 N–H and O–H groups in total. The predicted octanol–water partition coefficient (Wildman–Crippen LogP) is 3.70. The molecule has 0 saturated carbocycles. The Balaban J connectivity index is 1.51. The largest absolute Gasteiger partial charge is 0.377 e. The van der Waals surface area contributed by atoms with Crippen LogP contribution in [0.5, 0.6) is 0 Å². The quantitative estimate of drug-likeness (QED) is 0.425. The number of carbonyl (C=O) groups is 1. The molecule has 4 aromatic rings. The molecular formula is C28H29N3O4. The van der Waals surface area contributed by atoms with Gasteiger partial charge in [-0.15, -0.1) is 0 Å². The lowest BCUT2D eigenvalue weighted by Crippen LogP contribution is -2.17. The van der Waals surface area contributed by atoms with Gasteiger partial charge in [-0.05, 0) is 17.7 Å². The molecule has 6 rings (SSSR count). The van der Waals surface area contributed by atoms with Gasteiger partial charge < -0.3 is 28.7 Å². The van der Waals surface area contributed by atoms with Gasteiger partial charge in [0, 0.05) is 65.0 Å². The summed E-state index contributed by atoms with van der Waals surface area (Å²) >= 11 is 0. The minimum atomic E-state index is -0.0256. The van der Waals surface area contributed by atoms with Crippen LogP contribution in [-0.2, 0) is 32.1 Å². The molecule has 2 aliphatic rings. The van der Waals surface area contributed by atoms with Crippen LogP contribution in [-0.4, -0.2) is 61.2 Å². The van der Waals surface area contributed by atoms with Crippen LogP contribution in [0, 0.1) is 0 Å². The summed E-state index contributed by atoms with van der Waals surface area (Å²) in [6, 6.07) is 16.6. The third kappa shape index (κ3) is 4.16. The minimum Gasteiger partial charge on any atom is -0.377 e. The molecule has 35 heavy (non-hydrogen) atoms. The van der Waals surface area contributed by atoms with Gasteiger partial charge in [0.05, 0.1) is 45.2 Å². The second-order valence-corrected chi connectivity index (χ2v) is 8.88. The molecule has 4 heterocycles. The highest BCUT2D eigenvalue weighted by atomic mass is 16.5. The zero-order valence-corrected chi connectivity index (χ0v) is 19.7. The predicted molar refractivity (Wildman–Crippen MR) is 136 cm³/mol. The number of benzene rings is 2. The van der Waals surface area contributed by atoms with E-state index in [4.69, 9.17) is 14.2 Å². The lowest BCUT2D eigenvalue weighted by atomic mass is 9.96. The Morgan fingerprint density at radius 1 is 0.657 bits per heavy atom. The second-order valence-electron chi connectivity index (χ2n) is 8.88. The highest BCUT2D eigenvalue weighted by molar-refractivity contribution is 6.33. The summed E-state index contributed by atoms with van der Waals surface area (Å²) in [7, 11) is 0. The summed E-state index contributed by atoms with van der Waals surface area (Å²) < 4.78 is 21.7. The Labute approximate surface area is 203 Å². The van der Waals surface area contributed by atoms with Gasteiger partial charge in [0.2, 0.25) is 0 Å². The Morgan fingerprint density at radius 2 is 1.17 bits per heavy atom. The molecule has 0 aliphatic carbocycles. The van der Waals surface area contributed by atoms with Crippen molar-refractivity contribution in [3.8, 4) is 0 Å². The molecule has 0 unspecified atom stereocenters. The fourth-order valence-electron chi connectivity index (χ4n) is 5.17. The third-order valence-corrected chi connectivity index (χ3v) is 6.82. The molecule has 0 saturated heterocycles. The maximum atomic E-state index is 13.2. The number of aromatic nitrogens is 2. The highest BCUT2D eigenvalue weighted by Crippen LogP contribution is 2.38. The number of hydrogen-bond donors (Lipinski definition) is 1. The second kappa shape index (κ2) is 9.70. The lowest BCUT2D eigenvalue weighted by molar-refractivity contribution is -0.114. The van der Waals surface area contributed by atoms with E-state index in [1.165, 1.54) is 0 Å². The number of nitrogens with zero attached hydrogens (tertiary/aromatic N) is 2. The van der Waals surface area contributed by atoms with Crippen LogP contribution in [0.4, 0.5) is 0 Å². The first kappa shape index (κ1) is 22.1. The SMILES string of the molecule is O=C1NCC2=C1c1cn(c3ccccc13)CCOCCOCCOCCn1cc2c2ccccc21. The van der Waals surface area contributed by atoms with Crippen LogP contribution < -0.4 is 5.32 Å². The van der Waals surface area contributed by atoms with Gasteiger partial charge in [0.1, 0.15) is 0 Å². The van der Waals surface area contributed by atoms with Crippen molar-refractivity contribution in [2.24, 2.45) is 0 Å². The van der Waals surface area contributed by atoms with E-state index in [2.05, 4.69) is 63.2 Å². The fraction of sp³-hybridized carbons (Fsp3) is 0.321. The monoisotopic (exact) mass is 471 g/mol. The van der Waals surface area contributed by atoms with Gasteiger partial charge in [-0.1, -0.05) is 36.4 Å². The number of fused-ring (bicyclic) bond motifs is 12. The minimum absolute atomic E-state index is 0.0256. The summed E-state index contributed by atoms with van der Waals surface area (Å²) in [4.78, 5) is 13.2. The molecule has 7 heteroatoms.